The van der Waals surface area contributed by atoms with Gasteiger partial charge in [0.2, 0.25) is 10.0 Å². The van der Waals surface area contributed by atoms with Gasteiger partial charge in [0.15, 0.2) is 0 Å². The zero-order valence-electron chi connectivity index (χ0n) is 15.1. The number of rotatable bonds is 4. The summed E-state index contributed by atoms with van der Waals surface area (Å²) in [5.74, 6) is -0.125. The predicted molar refractivity (Wildman–Crippen MR) is 95.7 cm³/mol. The molecule has 3 heterocycles. The third-order valence-corrected chi connectivity index (χ3v) is 7.35. The second-order valence-electron chi connectivity index (χ2n) is 7.63. The molecule has 2 aliphatic rings. The summed E-state index contributed by atoms with van der Waals surface area (Å²) >= 11 is 0. The van der Waals surface area contributed by atoms with Crippen molar-refractivity contribution in [2.75, 3.05) is 32.7 Å². The maximum atomic E-state index is 12.8. The van der Waals surface area contributed by atoms with Gasteiger partial charge in [-0.2, -0.15) is 4.31 Å². The first-order valence-corrected chi connectivity index (χ1v) is 10.4. The Hall–Kier alpha value is -1.38. The van der Waals surface area contributed by atoms with Gasteiger partial charge in [0, 0.05) is 39.4 Å². The molecule has 25 heavy (non-hydrogen) atoms. The summed E-state index contributed by atoms with van der Waals surface area (Å²) in [6.45, 7) is 5.01. The summed E-state index contributed by atoms with van der Waals surface area (Å²) in [7, 11) is -1.80. The zero-order chi connectivity index (χ0) is 18.2. The van der Waals surface area contributed by atoms with Crippen molar-refractivity contribution in [3.63, 3.8) is 0 Å². The molecule has 1 amide bonds. The van der Waals surface area contributed by atoms with Crippen molar-refractivity contribution >= 4 is 15.9 Å². The maximum absolute atomic E-state index is 12.8. The molecule has 1 aromatic heterocycles. The largest absolute Gasteiger partial charge is 0.345 e. The van der Waals surface area contributed by atoms with Crippen LogP contribution in [-0.2, 0) is 17.1 Å². The van der Waals surface area contributed by atoms with Crippen LogP contribution in [0.5, 0.6) is 0 Å². The molecule has 2 aliphatic heterocycles. The zero-order valence-corrected chi connectivity index (χ0v) is 15.9. The number of nitrogens with zero attached hydrogens (tertiary/aromatic N) is 3. The summed E-state index contributed by atoms with van der Waals surface area (Å²) in [5.41, 5.74) is 6.18. The minimum Gasteiger partial charge on any atom is -0.345 e. The van der Waals surface area contributed by atoms with E-state index in [1.165, 1.54) is 10.4 Å². The first kappa shape index (κ1) is 18.4. The van der Waals surface area contributed by atoms with Crippen molar-refractivity contribution in [1.82, 2.24) is 13.8 Å². The number of hydrogen-bond donors (Lipinski definition) is 1. The van der Waals surface area contributed by atoms with Gasteiger partial charge < -0.3 is 15.2 Å². The van der Waals surface area contributed by atoms with Gasteiger partial charge in [0.1, 0.15) is 10.6 Å². The van der Waals surface area contributed by atoms with Crippen molar-refractivity contribution < 1.29 is 13.2 Å². The molecular weight excluding hydrogens is 340 g/mol. The molecule has 8 heteroatoms. The lowest BCUT2D eigenvalue weighted by Crippen LogP contribution is -2.35. The van der Waals surface area contributed by atoms with Crippen molar-refractivity contribution in [3.05, 3.63) is 18.0 Å². The highest BCUT2D eigenvalue weighted by Crippen LogP contribution is 2.30. The Kier molecular flexibility index (Phi) is 4.96. The van der Waals surface area contributed by atoms with E-state index in [0.29, 0.717) is 38.4 Å². The standard InChI is InChI=1S/C17H28N4O3S/c1-17(12-18)6-9-20(13-17)16(22)15-10-14(11-19(15)2)25(23,24)21-7-4-3-5-8-21/h10-11H,3-9,12-13,18H2,1-2H3. The van der Waals surface area contributed by atoms with Gasteiger partial charge in [-0.1, -0.05) is 13.3 Å². The van der Waals surface area contributed by atoms with E-state index in [2.05, 4.69) is 6.92 Å². The van der Waals surface area contributed by atoms with Crippen molar-refractivity contribution in [2.24, 2.45) is 18.2 Å². The van der Waals surface area contributed by atoms with E-state index >= 15 is 0 Å². The molecule has 2 N–H and O–H groups in total. The molecule has 1 aromatic rings. The van der Waals surface area contributed by atoms with Crippen LogP contribution in [0, 0.1) is 5.41 Å². The molecule has 0 aliphatic carbocycles. The van der Waals surface area contributed by atoms with Gasteiger partial charge in [-0.3, -0.25) is 4.79 Å². The summed E-state index contributed by atoms with van der Waals surface area (Å²) < 4.78 is 28.8. The fourth-order valence-corrected chi connectivity index (χ4v) is 5.26. The second-order valence-corrected chi connectivity index (χ2v) is 9.57. The van der Waals surface area contributed by atoms with Gasteiger partial charge in [0.25, 0.3) is 5.91 Å². The topological polar surface area (TPSA) is 88.6 Å². The third kappa shape index (κ3) is 3.47. The smallest absolute Gasteiger partial charge is 0.270 e. The van der Waals surface area contributed by atoms with Gasteiger partial charge in [-0.15, -0.1) is 0 Å². The molecule has 0 aromatic carbocycles. The Balaban J connectivity index is 1.82. The summed E-state index contributed by atoms with van der Waals surface area (Å²) in [6.07, 6.45) is 5.28. The van der Waals surface area contributed by atoms with E-state index in [0.717, 1.165) is 25.7 Å². The Morgan fingerprint density at radius 3 is 2.52 bits per heavy atom. The fraction of sp³-hybridized carbons (Fsp3) is 0.706. The number of amides is 1. The molecule has 1 unspecified atom stereocenters. The molecule has 0 bridgehead atoms. The first-order valence-electron chi connectivity index (χ1n) is 8.93. The minimum absolute atomic E-state index is 0.0521. The number of piperidine rings is 1. The van der Waals surface area contributed by atoms with E-state index in [1.54, 1.807) is 22.7 Å². The van der Waals surface area contributed by atoms with E-state index in [1.807, 2.05) is 0 Å². The molecular formula is C17H28N4O3S. The van der Waals surface area contributed by atoms with Crippen LogP contribution >= 0.6 is 0 Å². The molecule has 140 valence electrons. The van der Waals surface area contributed by atoms with Crippen LogP contribution in [0.15, 0.2) is 17.2 Å². The van der Waals surface area contributed by atoms with Crippen LogP contribution in [-0.4, -0.2) is 60.8 Å². The summed E-state index contributed by atoms with van der Waals surface area (Å²) in [5, 5.41) is 0. The van der Waals surface area contributed by atoms with E-state index in [4.69, 9.17) is 5.73 Å². The molecule has 7 nitrogen and oxygen atoms in total. The Morgan fingerprint density at radius 1 is 1.24 bits per heavy atom. The predicted octanol–water partition coefficient (Wildman–Crippen LogP) is 1.01. The second kappa shape index (κ2) is 6.74. The molecule has 0 spiro atoms. The third-order valence-electron chi connectivity index (χ3n) is 5.49. The number of hydrogen-bond acceptors (Lipinski definition) is 4. The van der Waals surface area contributed by atoms with Crippen LogP contribution in [0.4, 0.5) is 0 Å². The van der Waals surface area contributed by atoms with Crippen LogP contribution in [0.25, 0.3) is 0 Å². The number of aromatic nitrogens is 1. The Bertz CT molecular complexity index is 752. The summed E-state index contributed by atoms with van der Waals surface area (Å²) in [6, 6.07) is 1.52. The highest BCUT2D eigenvalue weighted by molar-refractivity contribution is 7.89. The lowest BCUT2D eigenvalue weighted by atomic mass is 9.90. The fourth-order valence-electron chi connectivity index (χ4n) is 3.67. The number of likely N-dealkylation sites (tertiary alicyclic amines) is 1. The molecule has 3 rings (SSSR count). The SMILES string of the molecule is Cn1cc(S(=O)(=O)N2CCCCC2)cc1C(=O)N1CCC(C)(CN)C1. The molecule has 0 saturated carbocycles. The summed E-state index contributed by atoms with van der Waals surface area (Å²) in [4.78, 5) is 14.8. The van der Waals surface area contributed by atoms with Crippen molar-refractivity contribution in [3.8, 4) is 0 Å². The van der Waals surface area contributed by atoms with Crippen molar-refractivity contribution in [1.29, 1.82) is 0 Å². The number of aryl methyl sites for hydroxylation is 1. The number of sulfonamides is 1. The molecule has 2 fully saturated rings. The van der Waals surface area contributed by atoms with E-state index in [-0.39, 0.29) is 16.2 Å². The highest BCUT2D eigenvalue weighted by Gasteiger charge is 2.36. The average Bonchev–Trinajstić information content (AvgIpc) is 3.19. The Labute approximate surface area is 149 Å². The van der Waals surface area contributed by atoms with Crippen LogP contribution in [0.2, 0.25) is 0 Å². The maximum Gasteiger partial charge on any atom is 0.270 e. The van der Waals surface area contributed by atoms with Crippen molar-refractivity contribution in [2.45, 2.75) is 37.5 Å². The van der Waals surface area contributed by atoms with E-state index in [9.17, 15) is 13.2 Å². The van der Waals surface area contributed by atoms with Gasteiger partial charge >= 0.3 is 0 Å². The van der Waals surface area contributed by atoms with Gasteiger partial charge in [-0.25, -0.2) is 8.42 Å². The number of carbonyl (C=O) groups is 1. The normalized spacial score (nSPS) is 25.5. The highest BCUT2D eigenvalue weighted by atomic mass is 32.2. The minimum atomic E-state index is -3.53. The van der Waals surface area contributed by atoms with E-state index < -0.39 is 10.0 Å². The van der Waals surface area contributed by atoms with Crippen LogP contribution in [0.1, 0.15) is 43.1 Å². The lowest BCUT2D eigenvalue weighted by Gasteiger charge is -2.25. The quantitative estimate of drug-likeness (QED) is 0.859. The number of nitrogens with two attached hydrogens (primary N) is 1. The lowest BCUT2D eigenvalue weighted by molar-refractivity contribution is 0.0767. The monoisotopic (exact) mass is 368 g/mol. The number of carbonyl (C=O) groups excluding carboxylic acids is 1. The van der Waals surface area contributed by atoms with Crippen LogP contribution in [0.3, 0.4) is 0 Å². The average molecular weight is 369 g/mol. The van der Waals surface area contributed by atoms with Gasteiger partial charge in [-0.05, 0) is 37.3 Å². The molecule has 0 radical (unpaired) electrons. The molecule has 1 atom stereocenters. The first-order chi connectivity index (χ1) is 11.8. The Morgan fingerprint density at radius 2 is 1.92 bits per heavy atom. The van der Waals surface area contributed by atoms with Gasteiger partial charge in [0.05, 0.1) is 0 Å². The van der Waals surface area contributed by atoms with Crippen LogP contribution < -0.4 is 5.73 Å². The molecule has 2 saturated heterocycles.